The summed E-state index contributed by atoms with van der Waals surface area (Å²) in [4.78, 5) is 15.8. The molecule has 412 valence electrons. The molecule has 3 heterocycles. The van der Waals surface area contributed by atoms with Crippen LogP contribution in [0.2, 0.25) is 0 Å². The molecule has 8 nitrogen and oxygen atoms in total. The summed E-state index contributed by atoms with van der Waals surface area (Å²) in [6, 6.07) is 41.5. The van der Waals surface area contributed by atoms with Gasteiger partial charge in [0.2, 0.25) is 0 Å². The van der Waals surface area contributed by atoms with Gasteiger partial charge in [0.05, 0.1) is 37.5 Å². The average Bonchev–Trinajstić information content (AvgIpc) is 4.45. The third kappa shape index (κ3) is 13.1. The van der Waals surface area contributed by atoms with E-state index in [1.54, 1.807) is 17.4 Å². The summed E-state index contributed by atoms with van der Waals surface area (Å²) in [5.41, 5.74) is 10.8. The summed E-state index contributed by atoms with van der Waals surface area (Å²) in [5, 5.41) is 21.1. The second-order valence-corrected chi connectivity index (χ2v) is 23.8. The van der Waals surface area contributed by atoms with E-state index in [0.717, 1.165) is 139 Å². The molecule has 0 atom stereocenters. The SMILES string of the molecule is CCCCCCOc1ccc(-c2ccc3c(c2)c2cc(-c4ccc(OCCCCCC)cc4OCCCCCC)ccc2n3-c2ccc3c(c2)C(C)(C)c2cc(-c4ccc(/C=C(/C#N)C(=O)O)s4)sc2-3)c(OCCCCCC)c1. The summed E-state index contributed by atoms with van der Waals surface area (Å²) in [6.45, 7) is 16.3. The first-order valence-electron chi connectivity index (χ1n) is 29.2. The van der Waals surface area contributed by atoms with Crippen molar-refractivity contribution in [2.45, 2.75) is 150 Å². The summed E-state index contributed by atoms with van der Waals surface area (Å²) >= 11 is 3.27. The number of carboxylic acids is 1. The van der Waals surface area contributed by atoms with E-state index in [1.165, 1.54) is 90.3 Å². The Morgan fingerprint density at radius 2 is 1.05 bits per heavy atom. The van der Waals surface area contributed by atoms with Gasteiger partial charge in [-0.25, -0.2) is 4.79 Å². The minimum atomic E-state index is -1.22. The number of carbonyl (C=O) groups is 1. The molecule has 1 N–H and O–H groups in total. The highest BCUT2D eigenvalue weighted by atomic mass is 32.1. The molecule has 0 bridgehead atoms. The number of carboxylic acid groups (broad SMARTS) is 1. The van der Waals surface area contributed by atoms with E-state index < -0.39 is 5.97 Å². The van der Waals surface area contributed by atoms with Gasteiger partial charge in [-0.2, -0.15) is 5.26 Å². The lowest BCUT2D eigenvalue weighted by molar-refractivity contribution is -0.132. The molecular formula is C69H78N2O6S2. The normalized spacial score (nSPS) is 12.7. The smallest absolute Gasteiger partial charge is 0.346 e. The van der Waals surface area contributed by atoms with Gasteiger partial charge >= 0.3 is 5.97 Å². The molecule has 10 heteroatoms. The quantitative estimate of drug-likeness (QED) is 0.0272. The molecule has 5 aromatic carbocycles. The monoisotopic (exact) mass is 1090 g/mol. The maximum absolute atomic E-state index is 11.6. The molecule has 8 aromatic rings. The van der Waals surface area contributed by atoms with Crippen molar-refractivity contribution in [2.24, 2.45) is 0 Å². The molecule has 0 spiro atoms. The third-order valence-electron chi connectivity index (χ3n) is 15.4. The van der Waals surface area contributed by atoms with Crippen LogP contribution in [0.25, 0.3) is 76.0 Å². The third-order valence-corrected chi connectivity index (χ3v) is 17.8. The second-order valence-electron chi connectivity index (χ2n) is 21.6. The minimum Gasteiger partial charge on any atom is -0.493 e. The number of hydrogen-bond donors (Lipinski definition) is 1. The lowest BCUT2D eigenvalue weighted by atomic mass is 9.82. The zero-order valence-electron chi connectivity index (χ0n) is 47.3. The number of thiophene rings is 2. The Bertz CT molecular complexity index is 3320. The number of fused-ring (bicyclic) bond motifs is 6. The molecule has 0 saturated heterocycles. The van der Waals surface area contributed by atoms with Gasteiger partial charge in [-0.3, -0.25) is 0 Å². The standard InChI is InChI=1S/C69H78N2O6S2/c1-7-11-15-19-35-74-51-26-30-54(63(43-51)76-37-21-17-13-9-3)47-23-32-61-57(40-47)58-41-48(55-31-27-52(75-36-20-16-12-8-2)44-64(55)77-38-22-18-14-10-4)24-33-62(58)71(61)50-25-29-56-59(42-50)69(5,6)60-45-66(79-67(56)60)65-34-28-53(78-65)39-49(46-70)68(72)73/h23-34,39-45H,7-22,35-38H2,1-6H3,(H,72,73)/b49-39-. The van der Waals surface area contributed by atoms with Crippen LogP contribution in [0.3, 0.4) is 0 Å². The van der Waals surface area contributed by atoms with Crippen molar-refractivity contribution in [3.63, 3.8) is 0 Å². The number of ether oxygens (including phenoxy) is 4. The lowest BCUT2D eigenvalue weighted by Crippen LogP contribution is -2.15. The van der Waals surface area contributed by atoms with Crippen LogP contribution in [0.5, 0.6) is 23.0 Å². The Morgan fingerprint density at radius 1 is 0.544 bits per heavy atom. The van der Waals surface area contributed by atoms with E-state index in [2.05, 4.69) is 143 Å². The first-order chi connectivity index (χ1) is 38.6. The Hall–Kier alpha value is -6.80. The number of aliphatic carboxylic acids is 1. The van der Waals surface area contributed by atoms with Crippen molar-refractivity contribution in [2.75, 3.05) is 26.4 Å². The maximum atomic E-state index is 11.6. The van der Waals surface area contributed by atoms with Crippen molar-refractivity contribution >= 4 is 56.5 Å². The summed E-state index contributed by atoms with van der Waals surface area (Å²) in [7, 11) is 0. The zero-order chi connectivity index (χ0) is 55.3. The van der Waals surface area contributed by atoms with Crippen LogP contribution in [0.1, 0.15) is 160 Å². The highest BCUT2D eigenvalue weighted by molar-refractivity contribution is 7.24. The number of nitrogens with zero attached hydrogens (tertiary/aromatic N) is 2. The molecule has 0 saturated carbocycles. The van der Waals surface area contributed by atoms with Crippen LogP contribution in [0.4, 0.5) is 0 Å². The fourth-order valence-electron chi connectivity index (χ4n) is 11.0. The van der Waals surface area contributed by atoms with E-state index in [-0.39, 0.29) is 11.0 Å². The fraction of sp³-hybridized carbons (Fsp3) is 0.391. The van der Waals surface area contributed by atoms with E-state index in [1.807, 2.05) is 12.1 Å². The molecule has 1 aliphatic carbocycles. The van der Waals surface area contributed by atoms with Gasteiger partial charge in [-0.1, -0.05) is 137 Å². The first kappa shape index (κ1) is 56.9. The van der Waals surface area contributed by atoms with E-state index in [9.17, 15) is 15.2 Å². The summed E-state index contributed by atoms with van der Waals surface area (Å²) in [6.07, 6.45) is 19.7. The van der Waals surface area contributed by atoms with Crippen molar-refractivity contribution in [3.05, 3.63) is 131 Å². The Kier molecular flexibility index (Phi) is 19.4. The number of benzene rings is 5. The molecule has 1 aliphatic rings. The Morgan fingerprint density at radius 3 is 1.54 bits per heavy atom. The predicted octanol–water partition coefficient (Wildman–Crippen LogP) is 20.0. The van der Waals surface area contributed by atoms with Crippen LogP contribution in [0, 0.1) is 11.3 Å². The Balaban J connectivity index is 1.14. The molecule has 3 aromatic heterocycles. The first-order valence-corrected chi connectivity index (χ1v) is 30.8. The zero-order valence-corrected chi connectivity index (χ0v) is 48.9. The van der Waals surface area contributed by atoms with Gasteiger partial charge in [-0.05, 0) is 138 Å². The number of unbranched alkanes of at least 4 members (excludes halogenated alkanes) is 12. The topological polar surface area (TPSA) is 103 Å². The van der Waals surface area contributed by atoms with E-state index in [4.69, 9.17) is 18.9 Å². The van der Waals surface area contributed by atoms with E-state index >= 15 is 0 Å². The molecule has 0 unspecified atom stereocenters. The maximum Gasteiger partial charge on any atom is 0.346 e. The van der Waals surface area contributed by atoms with Gasteiger partial charge in [0, 0.05) is 64.6 Å². The lowest BCUT2D eigenvalue weighted by Gasteiger charge is -2.22. The van der Waals surface area contributed by atoms with Crippen molar-refractivity contribution in [3.8, 4) is 77.2 Å². The van der Waals surface area contributed by atoms with Gasteiger partial charge in [0.1, 0.15) is 34.6 Å². The predicted molar refractivity (Wildman–Crippen MR) is 330 cm³/mol. The Labute approximate surface area is 476 Å². The van der Waals surface area contributed by atoms with Gasteiger partial charge in [0.15, 0.2) is 0 Å². The fourth-order valence-corrected chi connectivity index (χ4v) is 13.3. The molecule has 0 fully saturated rings. The number of aromatic nitrogens is 1. The second kappa shape index (κ2) is 26.9. The van der Waals surface area contributed by atoms with Gasteiger partial charge < -0.3 is 28.6 Å². The van der Waals surface area contributed by atoms with Gasteiger partial charge in [0.25, 0.3) is 0 Å². The highest BCUT2D eigenvalue weighted by Gasteiger charge is 2.38. The molecule has 79 heavy (non-hydrogen) atoms. The summed E-state index contributed by atoms with van der Waals surface area (Å²) in [5.74, 6) is 2.15. The number of rotatable bonds is 30. The average molecular weight is 1100 g/mol. The highest BCUT2D eigenvalue weighted by Crippen LogP contribution is 2.55. The largest absolute Gasteiger partial charge is 0.493 e. The number of nitriles is 1. The molecular weight excluding hydrogens is 1020 g/mol. The van der Waals surface area contributed by atoms with Gasteiger partial charge in [-0.15, -0.1) is 22.7 Å². The summed E-state index contributed by atoms with van der Waals surface area (Å²) < 4.78 is 28.5. The molecule has 9 rings (SSSR count). The molecule has 0 radical (unpaired) electrons. The van der Waals surface area contributed by atoms with Crippen molar-refractivity contribution in [1.82, 2.24) is 4.57 Å². The van der Waals surface area contributed by atoms with E-state index in [0.29, 0.717) is 26.4 Å². The van der Waals surface area contributed by atoms with Crippen LogP contribution in [-0.2, 0) is 10.2 Å². The minimum absolute atomic E-state index is 0.274. The van der Waals surface area contributed by atoms with Crippen LogP contribution in [-0.4, -0.2) is 42.1 Å². The molecule has 0 aliphatic heterocycles. The number of hydrogen-bond acceptors (Lipinski definition) is 8. The van der Waals surface area contributed by atoms with Crippen molar-refractivity contribution in [1.29, 1.82) is 5.26 Å². The van der Waals surface area contributed by atoms with Crippen LogP contribution >= 0.6 is 22.7 Å². The van der Waals surface area contributed by atoms with Crippen LogP contribution in [0.15, 0.2) is 115 Å². The van der Waals surface area contributed by atoms with Crippen molar-refractivity contribution < 1.29 is 28.8 Å². The van der Waals surface area contributed by atoms with Crippen LogP contribution < -0.4 is 18.9 Å². The molecule has 0 amide bonds.